The lowest BCUT2D eigenvalue weighted by molar-refractivity contribution is -0.138. The van der Waals surface area contributed by atoms with E-state index >= 15 is 0 Å². The number of benzene rings is 1. The van der Waals surface area contributed by atoms with E-state index in [0.29, 0.717) is 6.42 Å². The van der Waals surface area contributed by atoms with Crippen LogP contribution in [0, 0.1) is 23.2 Å². The van der Waals surface area contributed by atoms with Gasteiger partial charge in [0.25, 0.3) is 0 Å². The van der Waals surface area contributed by atoms with Crippen molar-refractivity contribution in [3.05, 3.63) is 89.2 Å². The summed E-state index contributed by atoms with van der Waals surface area (Å²) in [5, 5.41) is 9.47. The van der Waals surface area contributed by atoms with Gasteiger partial charge in [0.1, 0.15) is 5.75 Å². The molecule has 1 saturated carbocycles. The SMILES string of the molecule is CC=CCC12C=CC(C1)C1C(=O)N(C3=CCC(=C(C)Cc4ccc(O)cc4)C=C3)C(=O)C12. The van der Waals surface area contributed by atoms with Gasteiger partial charge in [-0.1, -0.05) is 54.2 Å². The number of likely N-dealkylation sites (tertiary alicyclic amines) is 1. The lowest BCUT2D eigenvalue weighted by Gasteiger charge is -2.29. The van der Waals surface area contributed by atoms with E-state index in [-0.39, 0.29) is 40.7 Å². The number of carbonyl (C=O) groups is 2. The second-order valence-electron chi connectivity index (χ2n) is 9.56. The number of hydrogen-bond donors (Lipinski definition) is 1. The van der Waals surface area contributed by atoms with Gasteiger partial charge in [0, 0.05) is 11.1 Å². The van der Waals surface area contributed by atoms with Gasteiger partial charge in [0.15, 0.2) is 0 Å². The lowest BCUT2D eigenvalue weighted by Crippen LogP contribution is -2.35. The molecule has 0 aromatic heterocycles. The first kappa shape index (κ1) is 20.7. The average molecular weight is 428 g/mol. The summed E-state index contributed by atoms with van der Waals surface area (Å²) >= 11 is 0. The summed E-state index contributed by atoms with van der Waals surface area (Å²) in [6, 6.07) is 7.27. The van der Waals surface area contributed by atoms with Gasteiger partial charge in [-0.2, -0.15) is 0 Å². The predicted octanol–water partition coefficient (Wildman–Crippen LogP) is 5.24. The van der Waals surface area contributed by atoms with Gasteiger partial charge in [-0.15, -0.1) is 0 Å². The number of nitrogens with zero attached hydrogens (tertiary/aromatic N) is 1. The van der Waals surface area contributed by atoms with Crippen molar-refractivity contribution in [1.82, 2.24) is 4.90 Å². The average Bonchev–Trinajstić information content (AvgIpc) is 3.44. The monoisotopic (exact) mass is 427 g/mol. The topological polar surface area (TPSA) is 57.6 Å². The molecule has 2 amide bonds. The fourth-order valence-electron chi connectivity index (χ4n) is 6.02. The zero-order chi connectivity index (χ0) is 22.5. The van der Waals surface area contributed by atoms with Gasteiger partial charge in [-0.3, -0.25) is 14.5 Å². The molecule has 4 atom stereocenters. The fraction of sp³-hybridized carbons (Fsp3) is 0.357. The van der Waals surface area contributed by atoms with Crippen molar-refractivity contribution in [1.29, 1.82) is 0 Å². The molecule has 5 rings (SSSR count). The van der Waals surface area contributed by atoms with E-state index in [2.05, 4.69) is 25.2 Å². The fourth-order valence-corrected chi connectivity index (χ4v) is 6.02. The van der Waals surface area contributed by atoms with E-state index in [1.807, 2.05) is 43.4 Å². The van der Waals surface area contributed by atoms with Gasteiger partial charge < -0.3 is 5.11 Å². The molecule has 1 aromatic rings. The lowest BCUT2D eigenvalue weighted by atomic mass is 9.72. The number of phenolic OH excluding ortho intramolecular Hbond substituents is 1. The summed E-state index contributed by atoms with van der Waals surface area (Å²) in [7, 11) is 0. The number of amides is 2. The molecule has 2 bridgehead atoms. The number of phenols is 1. The molecule has 4 nitrogen and oxygen atoms in total. The molecule has 2 fully saturated rings. The molecule has 32 heavy (non-hydrogen) atoms. The zero-order valence-corrected chi connectivity index (χ0v) is 18.6. The van der Waals surface area contributed by atoms with Crippen molar-refractivity contribution < 1.29 is 14.7 Å². The summed E-state index contributed by atoms with van der Waals surface area (Å²) in [5.41, 5.74) is 4.10. The van der Waals surface area contributed by atoms with Crippen molar-refractivity contribution in [2.75, 3.05) is 0 Å². The largest absolute Gasteiger partial charge is 0.508 e. The van der Waals surface area contributed by atoms with Crippen molar-refractivity contribution in [2.45, 2.75) is 39.5 Å². The Morgan fingerprint density at radius 3 is 2.66 bits per heavy atom. The Morgan fingerprint density at radius 2 is 1.97 bits per heavy atom. The van der Waals surface area contributed by atoms with E-state index in [0.717, 1.165) is 30.5 Å². The van der Waals surface area contributed by atoms with E-state index in [1.165, 1.54) is 16.0 Å². The summed E-state index contributed by atoms with van der Waals surface area (Å²) < 4.78 is 0. The number of allylic oxidation sites excluding steroid dienone is 9. The molecular weight excluding hydrogens is 398 g/mol. The maximum atomic E-state index is 13.5. The normalized spacial score (nSPS) is 32.2. The van der Waals surface area contributed by atoms with Gasteiger partial charge in [-0.25, -0.2) is 0 Å². The van der Waals surface area contributed by atoms with Crippen LogP contribution in [0.25, 0.3) is 0 Å². The summed E-state index contributed by atoms with van der Waals surface area (Å²) in [5.74, 6) is -0.0434. The molecule has 1 heterocycles. The minimum absolute atomic E-state index is 0.0270. The van der Waals surface area contributed by atoms with Crippen LogP contribution in [0.1, 0.15) is 38.7 Å². The number of imide groups is 1. The van der Waals surface area contributed by atoms with E-state index in [4.69, 9.17) is 0 Å². The smallest absolute Gasteiger partial charge is 0.238 e. The third kappa shape index (κ3) is 3.21. The number of aromatic hydroxyl groups is 1. The van der Waals surface area contributed by atoms with Gasteiger partial charge >= 0.3 is 0 Å². The van der Waals surface area contributed by atoms with E-state index < -0.39 is 0 Å². The molecule has 3 aliphatic carbocycles. The maximum Gasteiger partial charge on any atom is 0.238 e. The van der Waals surface area contributed by atoms with Gasteiger partial charge in [0.05, 0.1) is 11.8 Å². The molecule has 0 radical (unpaired) electrons. The molecule has 1 N–H and O–H groups in total. The van der Waals surface area contributed by atoms with Gasteiger partial charge in [0.2, 0.25) is 11.8 Å². The minimum atomic E-state index is -0.233. The van der Waals surface area contributed by atoms with Crippen LogP contribution in [0.15, 0.2) is 83.6 Å². The molecule has 1 aromatic carbocycles. The molecule has 0 spiro atoms. The Kier molecular flexibility index (Phi) is 5.04. The van der Waals surface area contributed by atoms with Crippen LogP contribution in [0.5, 0.6) is 5.75 Å². The number of carbonyl (C=O) groups excluding carboxylic acids is 2. The van der Waals surface area contributed by atoms with Crippen molar-refractivity contribution in [3.63, 3.8) is 0 Å². The van der Waals surface area contributed by atoms with Crippen LogP contribution in [0.2, 0.25) is 0 Å². The first-order valence-corrected chi connectivity index (χ1v) is 11.5. The Morgan fingerprint density at radius 1 is 1.19 bits per heavy atom. The van der Waals surface area contributed by atoms with Gasteiger partial charge in [-0.05, 0) is 74.8 Å². The second kappa shape index (κ2) is 7.77. The Bertz CT molecular complexity index is 1120. The maximum absolute atomic E-state index is 13.5. The molecule has 164 valence electrons. The number of fused-ring (bicyclic) bond motifs is 5. The predicted molar refractivity (Wildman–Crippen MR) is 124 cm³/mol. The summed E-state index contributed by atoms with van der Waals surface area (Å²) in [6.45, 7) is 4.11. The Labute approximate surface area is 189 Å². The number of rotatable bonds is 5. The molecular formula is C28H29NO3. The van der Waals surface area contributed by atoms with Crippen LogP contribution in [0.4, 0.5) is 0 Å². The summed E-state index contributed by atoms with van der Waals surface area (Å²) in [6.07, 6.45) is 17.7. The van der Waals surface area contributed by atoms with Crippen LogP contribution >= 0.6 is 0 Å². The van der Waals surface area contributed by atoms with Crippen molar-refractivity contribution >= 4 is 11.8 Å². The Balaban J connectivity index is 1.34. The first-order valence-electron chi connectivity index (χ1n) is 11.5. The molecule has 1 saturated heterocycles. The highest BCUT2D eigenvalue weighted by atomic mass is 16.3. The highest BCUT2D eigenvalue weighted by Gasteiger charge is 2.65. The third-order valence-electron chi connectivity index (χ3n) is 7.65. The van der Waals surface area contributed by atoms with Crippen LogP contribution < -0.4 is 0 Å². The molecule has 4 aliphatic rings. The van der Waals surface area contributed by atoms with E-state index in [9.17, 15) is 14.7 Å². The molecule has 1 aliphatic heterocycles. The van der Waals surface area contributed by atoms with Crippen molar-refractivity contribution in [2.24, 2.45) is 23.2 Å². The summed E-state index contributed by atoms with van der Waals surface area (Å²) in [4.78, 5) is 28.3. The van der Waals surface area contributed by atoms with E-state index in [1.54, 1.807) is 12.1 Å². The third-order valence-corrected chi connectivity index (χ3v) is 7.65. The standard InChI is InChI=1S/C28H29NO3/c1-3-4-14-28-15-13-21(17-28)24-25(28)27(32)29(26(24)31)22-9-7-20(8-10-22)18(2)16-19-5-11-23(30)12-6-19/h3-7,9-13,15,21,24-25,30H,8,14,16-17H2,1-2H3. The van der Waals surface area contributed by atoms with Crippen LogP contribution in [-0.4, -0.2) is 21.8 Å². The second-order valence-corrected chi connectivity index (χ2v) is 9.56. The van der Waals surface area contributed by atoms with Crippen LogP contribution in [0.3, 0.4) is 0 Å². The first-order chi connectivity index (χ1) is 15.4. The highest BCUT2D eigenvalue weighted by molar-refractivity contribution is 6.08. The van der Waals surface area contributed by atoms with Crippen molar-refractivity contribution in [3.8, 4) is 5.75 Å². The van der Waals surface area contributed by atoms with Crippen LogP contribution in [-0.2, 0) is 16.0 Å². The minimum Gasteiger partial charge on any atom is -0.508 e. The molecule has 4 unspecified atom stereocenters. The quantitative estimate of drug-likeness (QED) is 0.517. The zero-order valence-electron chi connectivity index (χ0n) is 18.6. The number of hydrogen-bond acceptors (Lipinski definition) is 3. The Hall–Kier alpha value is -3.14. The highest BCUT2D eigenvalue weighted by Crippen LogP contribution is 2.62. The molecule has 4 heteroatoms.